The monoisotopic (exact) mass is 643 g/mol. The summed E-state index contributed by atoms with van der Waals surface area (Å²) < 4.78 is 40.5. The van der Waals surface area contributed by atoms with Crippen molar-refractivity contribution in [2.24, 2.45) is 0 Å². The van der Waals surface area contributed by atoms with Crippen LogP contribution in [0.5, 0.6) is 11.5 Å². The zero-order valence-corrected chi connectivity index (χ0v) is 27.5. The number of hydrogen-bond donors (Lipinski definition) is 1. The van der Waals surface area contributed by atoms with Gasteiger partial charge in [-0.05, 0) is 60.9 Å². The Kier molecular flexibility index (Phi) is 11.8. The van der Waals surface area contributed by atoms with E-state index in [4.69, 9.17) is 9.47 Å². The van der Waals surface area contributed by atoms with Gasteiger partial charge in [0.25, 0.3) is 10.0 Å². The van der Waals surface area contributed by atoms with Crippen molar-refractivity contribution in [2.45, 2.75) is 44.2 Å². The summed E-state index contributed by atoms with van der Waals surface area (Å²) >= 11 is 0. The first-order valence-corrected chi connectivity index (χ1v) is 16.6. The van der Waals surface area contributed by atoms with E-state index in [9.17, 15) is 18.0 Å². The summed E-state index contributed by atoms with van der Waals surface area (Å²) in [5.41, 5.74) is 2.68. The maximum Gasteiger partial charge on any atom is 0.264 e. The molecule has 0 radical (unpaired) electrons. The highest BCUT2D eigenvalue weighted by Crippen LogP contribution is 2.33. The van der Waals surface area contributed by atoms with Gasteiger partial charge in [0.2, 0.25) is 11.8 Å². The fraction of sp³-hybridized carbons (Fsp3) is 0.278. The van der Waals surface area contributed by atoms with E-state index in [1.165, 1.54) is 24.1 Å². The Bertz CT molecular complexity index is 1710. The Balaban J connectivity index is 1.83. The van der Waals surface area contributed by atoms with Crippen molar-refractivity contribution >= 4 is 27.5 Å². The van der Waals surface area contributed by atoms with Gasteiger partial charge in [-0.2, -0.15) is 0 Å². The number of sulfonamides is 1. The first-order valence-electron chi connectivity index (χ1n) is 15.1. The molecule has 4 aromatic carbocycles. The summed E-state index contributed by atoms with van der Waals surface area (Å²) in [6.45, 7) is 3.71. The molecule has 9 nitrogen and oxygen atoms in total. The van der Waals surface area contributed by atoms with Gasteiger partial charge in [0.15, 0.2) is 0 Å². The molecule has 0 heterocycles. The second kappa shape index (κ2) is 15.9. The average Bonchev–Trinajstić information content (AvgIpc) is 3.08. The van der Waals surface area contributed by atoms with E-state index >= 15 is 0 Å². The summed E-state index contributed by atoms with van der Waals surface area (Å²) in [4.78, 5) is 29.9. The van der Waals surface area contributed by atoms with Crippen LogP contribution in [0.2, 0.25) is 0 Å². The molecule has 46 heavy (non-hydrogen) atoms. The molecule has 0 saturated carbocycles. The van der Waals surface area contributed by atoms with E-state index in [1.807, 2.05) is 56.3 Å². The van der Waals surface area contributed by atoms with Crippen LogP contribution < -0.4 is 19.1 Å². The topological polar surface area (TPSA) is 105 Å². The second-order valence-corrected chi connectivity index (χ2v) is 12.7. The molecule has 0 unspecified atom stereocenters. The van der Waals surface area contributed by atoms with Crippen LogP contribution in [0.25, 0.3) is 0 Å². The summed E-state index contributed by atoms with van der Waals surface area (Å²) in [6, 6.07) is 28.8. The molecular formula is C36H41N3O6S. The van der Waals surface area contributed by atoms with Crippen LogP contribution in [-0.4, -0.2) is 58.5 Å². The molecule has 2 amide bonds. The highest BCUT2D eigenvalue weighted by atomic mass is 32.2. The number of nitrogens with one attached hydrogen (secondary N) is 1. The Morgan fingerprint density at radius 2 is 1.50 bits per heavy atom. The SMILES string of the molecule is CCCNC(=O)[C@H](Cc1ccccc1)N(Cc1cccc(OC)c1)C(=O)CN(c1ccccc1OC)S(=O)(=O)c1ccc(C)cc1. The highest BCUT2D eigenvalue weighted by molar-refractivity contribution is 7.92. The molecule has 242 valence electrons. The molecule has 0 aromatic heterocycles. The lowest BCUT2D eigenvalue weighted by Gasteiger charge is -2.34. The third-order valence-corrected chi connectivity index (χ3v) is 9.32. The first kappa shape index (κ1) is 34.1. The maximum atomic E-state index is 14.6. The van der Waals surface area contributed by atoms with Gasteiger partial charge >= 0.3 is 0 Å². The van der Waals surface area contributed by atoms with Crippen molar-refractivity contribution < 1.29 is 27.5 Å². The van der Waals surface area contributed by atoms with Crippen molar-refractivity contribution in [3.8, 4) is 11.5 Å². The summed E-state index contributed by atoms with van der Waals surface area (Å²) in [5, 5.41) is 2.95. The zero-order chi connectivity index (χ0) is 33.1. The van der Waals surface area contributed by atoms with Gasteiger partial charge in [0.05, 0.1) is 24.8 Å². The van der Waals surface area contributed by atoms with E-state index in [1.54, 1.807) is 55.6 Å². The van der Waals surface area contributed by atoms with Crippen LogP contribution in [-0.2, 0) is 32.6 Å². The molecular weight excluding hydrogens is 602 g/mol. The van der Waals surface area contributed by atoms with Crippen LogP contribution in [0, 0.1) is 6.92 Å². The minimum absolute atomic E-state index is 0.0256. The summed E-state index contributed by atoms with van der Waals surface area (Å²) in [6.07, 6.45) is 0.940. The summed E-state index contributed by atoms with van der Waals surface area (Å²) in [5.74, 6) is -0.00595. The number of hydrogen-bond acceptors (Lipinski definition) is 6. The van der Waals surface area contributed by atoms with Gasteiger partial charge in [0.1, 0.15) is 24.1 Å². The number of aryl methyl sites for hydroxylation is 1. The smallest absolute Gasteiger partial charge is 0.264 e. The Morgan fingerprint density at radius 1 is 0.826 bits per heavy atom. The highest BCUT2D eigenvalue weighted by Gasteiger charge is 2.35. The van der Waals surface area contributed by atoms with Crippen molar-refractivity contribution in [1.82, 2.24) is 10.2 Å². The molecule has 0 aliphatic carbocycles. The van der Waals surface area contributed by atoms with E-state index in [0.29, 0.717) is 18.7 Å². The van der Waals surface area contributed by atoms with Crippen LogP contribution >= 0.6 is 0 Å². The number of ether oxygens (including phenoxy) is 2. The van der Waals surface area contributed by atoms with Gasteiger partial charge in [-0.25, -0.2) is 8.42 Å². The van der Waals surface area contributed by atoms with E-state index in [2.05, 4.69) is 5.32 Å². The molecule has 1 atom stereocenters. The first-order chi connectivity index (χ1) is 22.2. The quantitative estimate of drug-likeness (QED) is 0.187. The number of benzene rings is 4. The minimum atomic E-state index is -4.25. The standard InChI is InChI=1S/C36H41N3O6S/c1-5-22-37-36(41)33(24-28-12-7-6-8-13-28)38(25-29-14-11-15-30(23-29)44-3)35(40)26-39(32-16-9-10-17-34(32)45-4)46(42,43)31-20-18-27(2)19-21-31/h6-21,23,33H,5,22,24-26H2,1-4H3,(H,37,41)/t33-/m0/s1. The molecule has 0 aliphatic rings. The van der Waals surface area contributed by atoms with Crippen molar-refractivity contribution in [3.05, 3.63) is 120 Å². The van der Waals surface area contributed by atoms with E-state index in [-0.39, 0.29) is 35.2 Å². The van der Waals surface area contributed by atoms with E-state index in [0.717, 1.165) is 21.0 Å². The van der Waals surface area contributed by atoms with Gasteiger partial charge in [-0.3, -0.25) is 13.9 Å². The summed E-state index contributed by atoms with van der Waals surface area (Å²) in [7, 11) is -1.25. The predicted octanol–water partition coefficient (Wildman–Crippen LogP) is 5.37. The number of anilines is 1. The number of amides is 2. The van der Waals surface area contributed by atoms with Crippen molar-refractivity contribution in [2.75, 3.05) is 31.6 Å². The lowest BCUT2D eigenvalue weighted by molar-refractivity contribution is -0.140. The van der Waals surface area contributed by atoms with Crippen LogP contribution in [0.15, 0.2) is 108 Å². The second-order valence-electron chi connectivity index (χ2n) is 10.9. The van der Waals surface area contributed by atoms with Crippen molar-refractivity contribution in [1.29, 1.82) is 0 Å². The van der Waals surface area contributed by atoms with Gasteiger partial charge < -0.3 is 19.7 Å². The maximum absolute atomic E-state index is 14.6. The molecule has 4 aromatic rings. The van der Waals surface area contributed by atoms with Gasteiger partial charge in [-0.15, -0.1) is 0 Å². The normalized spacial score (nSPS) is 11.7. The fourth-order valence-corrected chi connectivity index (χ4v) is 6.50. The Morgan fingerprint density at radius 3 is 2.17 bits per heavy atom. The number of methoxy groups -OCH3 is 2. The number of carbonyl (C=O) groups excluding carboxylic acids is 2. The van der Waals surface area contributed by atoms with Crippen molar-refractivity contribution in [3.63, 3.8) is 0 Å². The number of carbonyl (C=O) groups is 2. The average molecular weight is 644 g/mol. The van der Waals surface area contributed by atoms with Gasteiger partial charge in [0, 0.05) is 19.5 Å². The molecule has 4 rings (SSSR count). The number of nitrogens with zero attached hydrogens (tertiary/aromatic N) is 2. The Labute approximate surface area is 271 Å². The van der Waals surface area contributed by atoms with Crippen LogP contribution in [0.3, 0.4) is 0 Å². The predicted molar refractivity (Wildman–Crippen MR) is 179 cm³/mol. The molecule has 10 heteroatoms. The molecule has 0 aliphatic heterocycles. The Hall–Kier alpha value is -4.83. The molecule has 0 spiro atoms. The fourth-order valence-electron chi connectivity index (χ4n) is 5.07. The van der Waals surface area contributed by atoms with E-state index < -0.39 is 28.5 Å². The molecule has 0 saturated heterocycles. The lowest BCUT2D eigenvalue weighted by Crippen LogP contribution is -2.53. The third-order valence-electron chi connectivity index (χ3n) is 7.55. The lowest BCUT2D eigenvalue weighted by atomic mass is 10.0. The molecule has 0 fully saturated rings. The van der Waals surface area contributed by atoms with Gasteiger partial charge in [-0.1, -0.05) is 79.2 Å². The number of rotatable bonds is 15. The minimum Gasteiger partial charge on any atom is -0.497 e. The third kappa shape index (κ3) is 8.45. The molecule has 0 bridgehead atoms. The zero-order valence-electron chi connectivity index (χ0n) is 26.7. The van der Waals surface area contributed by atoms with Crippen LogP contribution in [0.4, 0.5) is 5.69 Å². The number of para-hydroxylation sites is 2. The largest absolute Gasteiger partial charge is 0.497 e. The molecule has 1 N–H and O–H groups in total. The van der Waals surface area contributed by atoms with Crippen LogP contribution in [0.1, 0.15) is 30.0 Å².